The second-order valence-electron chi connectivity index (χ2n) is 3.54. The molecule has 0 unspecified atom stereocenters. The molecule has 0 radical (unpaired) electrons. The Kier molecular flexibility index (Phi) is 2.19. The van der Waals surface area contributed by atoms with Crippen molar-refractivity contribution in [1.29, 1.82) is 0 Å². The van der Waals surface area contributed by atoms with Crippen molar-refractivity contribution in [2.45, 2.75) is 18.4 Å². The van der Waals surface area contributed by atoms with E-state index in [9.17, 15) is 4.39 Å². The average Bonchev–Trinajstić information content (AvgIpc) is 2.98. The van der Waals surface area contributed by atoms with Gasteiger partial charge in [-0.25, -0.2) is 4.39 Å². The number of hydrogen-bond donors (Lipinski definition) is 0. The smallest absolute Gasteiger partial charge is 0.132 e. The van der Waals surface area contributed by atoms with E-state index in [0.29, 0.717) is 11.3 Å². The van der Waals surface area contributed by atoms with Crippen LogP contribution in [-0.2, 0) is 10.3 Å². The maximum absolute atomic E-state index is 13.6. The topological polar surface area (TPSA) is 18.5 Å². The quantitative estimate of drug-likeness (QED) is 0.739. The van der Waals surface area contributed by atoms with Gasteiger partial charge in [-0.3, -0.25) is 0 Å². The van der Waals surface area contributed by atoms with Crippen LogP contribution in [0.5, 0.6) is 5.75 Å². The molecule has 1 aromatic rings. The molecule has 0 aromatic heterocycles. The minimum absolute atomic E-state index is 0.247. The lowest BCUT2D eigenvalue weighted by molar-refractivity contribution is 0.0756. The summed E-state index contributed by atoms with van der Waals surface area (Å²) in [5.74, 6) is 0.293. The SMILES string of the molecule is COc1ccc(C2(OC)CC2)c(F)c1. The normalized spacial score (nSPS) is 17.9. The minimum Gasteiger partial charge on any atom is -0.497 e. The highest BCUT2D eigenvalue weighted by atomic mass is 19.1. The van der Waals surface area contributed by atoms with Crippen LogP contribution in [0.4, 0.5) is 4.39 Å². The second kappa shape index (κ2) is 3.24. The highest BCUT2D eigenvalue weighted by Gasteiger charge is 2.46. The lowest BCUT2D eigenvalue weighted by atomic mass is 10.1. The Labute approximate surface area is 82.6 Å². The van der Waals surface area contributed by atoms with Gasteiger partial charge in [0.1, 0.15) is 11.6 Å². The van der Waals surface area contributed by atoms with Crippen LogP contribution in [0.2, 0.25) is 0 Å². The van der Waals surface area contributed by atoms with Crippen LogP contribution in [0.25, 0.3) is 0 Å². The van der Waals surface area contributed by atoms with Gasteiger partial charge in [0.15, 0.2) is 0 Å². The summed E-state index contributed by atoms with van der Waals surface area (Å²) in [4.78, 5) is 0. The standard InChI is InChI=1S/C11H13FO2/c1-13-8-3-4-9(10(12)7-8)11(14-2)5-6-11/h3-4,7H,5-6H2,1-2H3. The fraction of sp³-hybridized carbons (Fsp3) is 0.455. The van der Waals surface area contributed by atoms with Gasteiger partial charge in [0.2, 0.25) is 0 Å². The van der Waals surface area contributed by atoms with Gasteiger partial charge < -0.3 is 9.47 Å². The largest absolute Gasteiger partial charge is 0.497 e. The zero-order chi connectivity index (χ0) is 10.2. The Bertz CT molecular complexity index is 345. The Balaban J connectivity index is 2.36. The predicted molar refractivity (Wildman–Crippen MR) is 50.9 cm³/mol. The molecular weight excluding hydrogens is 183 g/mol. The van der Waals surface area contributed by atoms with Gasteiger partial charge in [0.25, 0.3) is 0 Å². The van der Waals surface area contributed by atoms with Crippen LogP contribution in [-0.4, -0.2) is 14.2 Å². The maximum atomic E-state index is 13.6. The fourth-order valence-electron chi connectivity index (χ4n) is 1.69. The van der Waals surface area contributed by atoms with Crippen molar-refractivity contribution in [3.63, 3.8) is 0 Å². The van der Waals surface area contributed by atoms with Gasteiger partial charge in [-0.15, -0.1) is 0 Å². The fourth-order valence-corrected chi connectivity index (χ4v) is 1.69. The highest BCUT2D eigenvalue weighted by molar-refractivity contribution is 5.35. The van der Waals surface area contributed by atoms with Crippen LogP contribution >= 0.6 is 0 Å². The first kappa shape index (κ1) is 9.46. The number of benzene rings is 1. The molecule has 0 heterocycles. The van der Waals surface area contributed by atoms with Crippen LogP contribution in [0.3, 0.4) is 0 Å². The van der Waals surface area contributed by atoms with Crippen molar-refractivity contribution >= 4 is 0 Å². The third-order valence-electron chi connectivity index (χ3n) is 2.76. The van der Waals surface area contributed by atoms with Crippen LogP contribution in [0, 0.1) is 5.82 Å². The molecule has 0 saturated heterocycles. The molecule has 1 aromatic carbocycles. The lowest BCUT2D eigenvalue weighted by Gasteiger charge is -2.14. The predicted octanol–water partition coefficient (Wildman–Crippen LogP) is 2.47. The molecule has 0 spiro atoms. The van der Waals surface area contributed by atoms with E-state index >= 15 is 0 Å². The molecule has 1 saturated carbocycles. The molecule has 14 heavy (non-hydrogen) atoms. The number of hydrogen-bond acceptors (Lipinski definition) is 2. The van der Waals surface area contributed by atoms with Crippen LogP contribution in [0.1, 0.15) is 18.4 Å². The van der Waals surface area contributed by atoms with Crippen molar-refractivity contribution in [2.75, 3.05) is 14.2 Å². The summed E-state index contributed by atoms with van der Waals surface area (Å²) in [5, 5.41) is 0. The molecule has 0 aliphatic heterocycles. The molecule has 76 valence electrons. The van der Waals surface area contributed by atoms with E-state index in [0.717, 1.165) is 12.8 Å². The number of ether oxygens (including phenoxy) is 2. The Hall–Kier alpha value is -1.09. The highest BCUT2D eigenvalue weighted by Crippen LogP contribution is 2.49. The lowest BCUT2D eigenvalue weighted by Crippen LogP contribution is -2.11. The van der Waals surface area contributed by atoms with Crippen molar-refractivity contribution in [2.24, 2.45) is 0 Å². The molecule has 0 amide bonds. The van der Waals surface area contributed by atoms with E-state index in [4.69, 9.17) is 9.47 Å². The summed E-state index contributed by atoms with van der Waals surface area (Å²) in [7, 11) is 3.15. The number of halogens is 1. The monoisotopic (exact) mass is 196 g/mol. The van der Waals surface area contributed by atoms with Crippen molar-refractivity contribution in [3.8, 4) is 5.75 Å². The number of methoxy groups -OCH3 is 2. The molecule has 0 N–H and O–H groups in total. The molecule has 1 fully saturated rings. The number of rotatable bonds is 3. The molecular formula is C11H13FO2. The maximum Gasteiger partial charge on any atom is 0.132 e. The summed E-state index contributed by atoms with van der Waals surface area (Å²) >= 11 is 0. The van der Waals surface area contributed by atoms with Gasteiger partial charge in [0.05, 0.1) is 12.7 Å². The average molecular weight is 196 g/mol. The van der Waals surface area contributed by atoms with Gasteiger partial charge >= 0.3 is 0 Å². The van der Waals surface area contributed by atoms with E-state index in [2.05, 4.69) is 0 Å². The summed E-state index contributed by atoms with van der Waals surface area (Å²) < 4.78 is 23.8. The Morgan fingerprint density at radius 1 is 1.29 bits per heavy atom. The summed E-state index contributed by atoms with van der Waals surface area (Å²) in [6.45, 7) is 0. The first-order valence-electron chi connectivity index (χ1n) is 4.61. The molecule has 3 heteroatoms. The summed E-state index contributed by atoms with van der Waals surface area (Å²) in [6, 6.07) is 4.90. The molecule has 0 bridgehead atoms. The summed E-state index contributed by atoms with van der Waals surface area (Å²) in [6.07, 6.45) is 1.79. The van der Waals surface area contributed by atoms with Crippen molar-refractivity contribution in [3.05, 3.63) is 29.6 Å². The summed E-state index contributed by atoms with van der Waals surface area (Å²) in [5.41, 5.74) is 0.275. The molecule has 0 atom stereocenters. The zero-order valence-electron chi connectivity index (χ0n) is 8.34. The molecule has 2 rings (SSSR count). The molecule has 1 aliphatic carbocycles. The third-order valence-corrected chi connectivity index (χ3v) is 2.76. The minimum atomic E-state index is -0.365. The van der Waals surface area contributed by atoms with Crippen LogP contribution < -0.4 is 4.74 Å². The Morgan fingerprint density at radius 3 is 2.43 bits per heavy atom. The van der Waals surface area contributed by atoms with Crippen LogP contribution in [0.15, 0.2) is 18.2 Å². The molecule has 1 aliphatic rings. The Morgan fingerprint density at radius 2 is 2.00 bits per heavy atom. The van der Waals surface area contributed by atoms with Crippen molar-refractivity contribution in [1.82, 2.24) is 0 Å². The van der Waals surface area contributed by atoms with Gasteiger partial charge in [-0.1, -0.05) is 0 Å². The van der Waals surface area contributed by atoms with Gasteiger partial charge in [-0.05, 0) is 25.0 Å². The van der Waals surface area contributed by atoms with Gasteiger partial charge in [-0.2, -0.15) is 0 Å². The first-order chi connectivity index (χ1) is 6.72. The molecule has 2 nitrogen and oxygen atoms in total. The second-order valence-corrected chi connectivity index (χ2v) is 3.54. The van der Waals surface area contributed by atoms with Crippen molar-refractivity contribution < 1.29 is 13.9 Å². The first-order valence-corrected chi connectivity index (χ1v) is 4.61. The van der Waals surface area contributed by atoms with Gasteiger partial charge in [0, 0.05) is 18.7 Å². The van der Waals surface area contributed by atoms with E-state index in [1.807, 2.05) is 0 Å². The van der Waals surface area contributed by atoms with E-state index in [1.165, 1.54) is 13.2 Å². The zero-order valence-corrected chi connectivity index (χ0v) is 8.34. The van der Waals surface area contributed by atoms with E-state index in [-0.39, 0.29) is 11.4 Å². The van der Waals surface area contributed by atoms with E-state index in [1.54, 1.807) is 19.2 Å². The third kappa shape index (κ3) is 1.38. The van der Waals surface area contributed by atoms with E-state index < -0.39 is 0 Å².